The predicted molar refractivity (Wildman–Crippen MR) is 75.4 cm³/mol. The number of urea groups is 1. The van der Waals surface area contributed by atoms with Crippen molar-refractivity contribution in [2.24, 2.45) is 0 Å². The first-order valence-corrected chi connectivity index (χ1v) is 6.17. The molecule has 2 aromatic rings. The number of nitrogens with one attached hydrogen (secondary N) is 2. The van der Waals surface area contributed by atoms with Gasteiger partial charge in [0.15, 0.2) is 6.04 Å². The third kappa shape index (κ3) is 3.79. The van der Waals surface area contributed by atoms with Crippen LogP contribution in [0, 0.1) is 5.82 Å². The second-order valence-corrected chi connectivity index (χ2v) is 4.26. The molecule has 0 aliphatic rings. The molecule has 21 heavy (non-hydrogen) atoms. The molecule has 0 saturated heterocycles. The zero-order valence-electron chi connectivity index (χ0n) is 10.9. The van der Waals surface area contributed by atoms with Crippen molar-refractivity contribution in [3.8, 4) is 0 Å². The first-order valence-electron chi connectivity index (χ1n) is 6.17. The molecule has 0 saturated carbocycles. The minimum Gasteiger partial charge on any atom is -0.479 e. The number of para-hydroxylation sites is 1. The van der Waals surface area contributed by atoms with Crippen LogP contribution in [0.25, 0.3) is 0 Å². The number of anilines is 1. The van der Waals surface area contributed by atoms with E-state index in [1.165, 1.54) is 18.2 Å². The highest BCUT2D eigenvalue weighted by Crippen LogP contribution is 2.15. The maximum Gasteiger partial charge on any atom is 0.330 e. The zero-order valence-corrected chi connectivity index (χ0v) is 10.9. The van der Waals surface area contributed by atoms with Crippen LogP contribution in [0.4, 0.5) is 14.9 Å². The van der Waals surface area contributed by atoms with Crippen LogP contribution in [0.5, 0.6) is 0 Å². The lowest BCUT2D eigenvalue weighted by Crippen LogP contribution is -2.36. The third-order valence-corrected chi connectivity index (χ3v) is 2.78. The highest BCUT2D eigenvalue weighted by molar-refractivity contribution is 5.92. The maximum absolute atomic E-state index is 13.4. The van der Waals surface area contributed by atoms with Crippen LogP contribution < -0.4 is 10.6 Å². The fourth-order valence-electron chi connectivity index (χ4n) is 1.79. The van der Waals surface area contributed by atoms with Gasteiger partial charge in [0.2, 0.25) is 0 Å². The molecule has 0 aromatic heterocycles. The Balaban J connectivity index is 2.10. The summed E-state index contributed by atoms with van der Waals surface area (Å²) in [5, 5.41) is 13.7. The van der Waals surface area contributed by atoms with E-state index >= 15 is 0 Å². The summed E-state index contributed by atoms with van der Waals surface area (Å²) in [6.45, 7) is 0. The molecular weight excluding hydrogens is 275 g/mol. The number of amides is 2. The summed E-state index contributed by atoms with van der Waals surface area (Å²) in [5.41, 5.74) is 0.404. The Labute approximate surface area is 120 Å². The molecule has 1 atom stereocenters. The summed E-state index contributed by atoms with van der Waals surface area (Å²) in [6, 6.07) is 11.9. The Bertz CT molecular complexity index is 646. The number of halogens is 1. The van der Waals surface area contributed by atoms with E-state index in [0.29, 0.717) is 5.56 Å². The average molecular weight is 288 g/mol. The van der Waals surface area contributed by atoms with Crippen LogP contribution in [0.1, 0.15) is 11.6 Å². The van der Waals surface area contributed by atoms with Gasteiger partial charge in [-0.25, -0.2) is 14.0 Å². The van der Waals surface area contributed by atoms with Gasteiger partial charge in [-0.2, -0.15) is 0 Å². The average Bonchev–Trinajstić information content (AvgIpc) is 2.48. The summed E-state index contributed by atoms with van der Waals surface area (Å²) < 4.78 is 13.4. The Kier molecular flexibility index (Phi) is 4.50. The SMILES string of the molecule is O=C(Nc1ccccc1F)NC(C(=O)O)c1ccccc1. The molecule has 3 N–H and O–H groups in total. The fourth-order valence-corrected chi connectivity index (χ4v) is 1.79. The second-order valence-electron chi connectivity index (χ2n) is 4.26. The number of aliphatic carboxylic acids is 1. The minimum absolute atomic E-state index is 0.0211. The number of carboxylic acid groups (broad SMARTS) is 1. The number of hydrogen-bond donors (Lipinski definition) is 3. The summed E-state index contributed by atoms with van der Waals surface area (Å²) in [6.07, 6.45) is 0. The molecule has 0 spiro atoms. The molecule has 108 valence electrons. The van der Waals surface area contributed by atoms with Crippen LogP contribution >= 0.6 is 0 Å². The number of hydrogen-bond acceptors (Lipinski definition) is 2. The zero-order chi connectivity index (χ0) is 15.2. The van der Waals surface area contributed by atoms with Gasteiger partial charge < -0.3 is 15.7 Å². The van der Waals surface area contributed by atoms with Gasteiger partial charge in [0.05, 0.1) is 5.69 Å². The van der Waals surface area contributed by atoms with E-state index < -0.39 is 23.9 Å². The van der Waals surface area contributed by atoms with Gasteiger partial charge in [0.1, 0.15) is 5.82 Å². The van der Waals surface area contributed by atoms with Gasteiger partial charge in [-0.15, -0.1) is 0 Å². The number of carboxylic acids is 1. The molecule has 1 unspecified atom stereocenters. The molecular formula is C15H13FN2O3. The van der Waals surface area contributed by atoms with Crippen molar-refractivity contribution in [2.45, 2.75) is 6.04 Å². The molecule has 6 heteroatoms. The molecule has 2 amide bonds. The topological polar surface area (TPSA) is 78.4 Å². The molecule has 0 heterocycles. The summed E-state index contributed by atoms with van der Waals surface area (Å²) in [4.78, 5) is 23.0. The molecule has 5 nitrogen and oxygen atoms in total. The van der Waals surface area contributed by atoms with Crippen LogP contribution in [0.15, 0.2) is 54.6 Å². The van der Waals surface area contributed by atoms with E-state index in [4.69, 9.17) is 0 Å². The summed E-state index contributed by atoms with van der Waals surface area (Å²) in [5.74, 6) is -1.80. The highest BCUT2D eigenvalue weighted by atomic mass is 19.1. The molecule has 0 bridgehead atoms. The van der Waals surface area contributed by atoms with Gasteiger partial charge >= 0.3 is 12.0 Å². The van der Waals surface area contributed by atoms with Crippen molar-refractivity contribution in [3.05, 3.63) is 66.0 Å². The lowest BCUT2D eigenvalue weighted by Gasteiger charge is -2.15. The van der Waals surface area contributed by atoms with E-state index in [2.05, 4.69) is 10.6 Å². The van der Waals surface area contributed by atoms with Gasteiger partial charge in [-0.05, 0) is 17.7 Å². The normalized spacial score (nSPS) is 11.5. The lowest BCUT2D eigenvalue weighted by atomic mass is 10.1. The van der Waals surface area contributed by atoms with Crippen molar-refractivity contribution in [1.29, 1.82) is 0 Å². The molecule has 2 rings (SSSR count). The quantitative estimate of drug-likeness (QED) is 0.809. The molecule has 2 aromatic carbocycles. The monoisotopic (exact) mass is 288 g/mol. The first kappa shape index (κ1) is 14.5. The Hall–Kier alpha value is -2.89. The van der Waals surface area contributed by atoms with Gasteiger partial charge in [-0.1, -0.05) is 42.5 Å². The fraction of sp³-hybridized carbons (Fsp3) is 0.0667. The molecule has 0 fully saturated rings. The molecule has 0 aliphatic carbocycles. The molecule has 0 aliphatic heterocycles. The summed E-state index contributed by atoms with van der Waals surface area (Å²) >= 11 is 0. The van der Waals surface area contributed by atoms with Crippen molar-refractivity contribution >= 4 is 17.7 Å². The molecule has 0 radical (unpaired) electrons. The Morgan fingerprint density at radius 3 is 2.24 bits per heavy atom. The summed E-state index contributed by atoms with van der Waals surface area (Å²) in [7, 11) is 0. The van der Waals surface area contributed by atoms with Crippen molar-refractivity contribution in [3.63, 3.8) is 0 Å². The second kappa shape index (κ2) is 6.51. The van der Waals surface area contributed by atoms with E-state index in [9.17, 15) is 19.1 Å². The van der Waals surface area contributed by atoms with Gasteiger partial charge in [0.25, 0.3) is 0 Å². The van der Waals surface area contributed by atoms with Crippen LogP contribution in [0.2, 0.25) is 0 Å². The first-order chi connectivity index (χ1) is 10.1. The van der Waals surface area contributed by atoms with E-state index in [1.807, 2.05) is 0 Å². The smallest absolute Gasteiger partial charge is 0.330 e. The third-order valence-electron chi connectivity index (χ3n) is 2.78. The number of rotatable bonds is 4. The Morgan fingerprint density at radius 2 is 1.62 bits per heavy atom. The van der Waals surface area contributed by atoms with Crippen molar-refractivity contribution in [2.75, 3.05) is 5.32 Å². The van der Waals surface area contributed by atoms with Gasteiger partial charge in [0, 0.05) is 0 Å². The van der Waals surface area contributed by atoms with Crippen LogP contribution in [-0.4, -0.2) is 17.1 Å². The standard InChI is InChI=1S/C15H13FN2O3/c16-11-8-4-5-9-12(11)17-15(21)18-13(14(19)20)10-6-2-1-3-7-10/h1-9,13H,(H,19,20)(H2,17,18,21). The van der Waals surface area contributed by atoms with E-state index in [0.717, 1.165) is 0 Å². The van der Waals surface area contributed by atoms with Gasteiger partial charge in [-0.3, -0.25) is 0 Å². The van der Waals surface area contributed by atoms with Crippen molar-refractivity contribution in [1.82, 2.24) is 5.32 Å². The minimum atomic E-state index is -1.21. The number of carbonyl (C=O) groups excluding carboxylic acids is 1. The Morgan fingerprint density at radius 1 is 1.00 bits per heavy atom. The lowest BCUT2D eigenvalue weighted by molar-refractivity contribution is -0.139. The predicted octanol–water partition coefficient (Wildman–Crippen LogP) is 2.77. The van der Waals surface area contributed by atoms with E-state index in [-0.39, 0.29) is 5.69 Å². The van der Waals surface area contributed by atoms with Crippen molar-refractivity contribution < 1.29 is 19.1 Å². The van der Waals surface area contributed by atoms with Crippen LogP contribution in [0.3, 0.4) is 0 Å². The highest BCUT2D eigenvalue weighted by Gasteiger charge is 2.22. The largest absolute Gasteiger partial charge is 0.479 e. The van der Waals surface area contributed by atoms with Crippen LogP contribution in [-0.2, 0) is 4.79 Å². The number of carbonyl (C=O) groups is 2. The van der Waals surface area contributed by atoms with E-state index in [1.54, 1.807) is 36.4 Å². The maximum atomic E-state index is 13.4. The number of benzene rings is 2.